The highest BCUT2D eigenvalue weighted by Crippen LogP contribution is 2.27. The Kier molecular flexibility index (Phi) is 4.70. The molecule has 1 aliphatic rings. The largest absolute Gasteiger partial charge is 0.369 e. The number of amides is 2. The van der Waals surface area contributed by atoms with Gasteiger partial charge in [0.2, 0.25) is 5.91 Å². The summed E-state index contributed by atoms with van der Waals surface area (Å²) in [4.78, 5) is 25.6. The highest BCUT2D eigenvalue weighted by Gasteiger charge is 2.32. The number of piperidine rings is 1. The Balaban J connectivity index is 2.26. The summed E-state index contributed by atoms with van der Waals surface area (Å²) in [6, 6.07) is 5.24. The Morgan fingerprint density at radius 3 is 2.75 bits per heavy atom. The van der Waals surface area contributed by atoms with Crippen molar-refractivity contribution in [2.24, 2.45) is 11.7 Å². The van der Waals surface area contributed by atoms with Gasteiger partial charge in [-0.05, 0) is 38.0 Å². The van der Waals surface area contributed by atoms with E-state index in [0.29, 0.717) is 17.1 Å². The zero-order chi connectivity index (χ0) is 14.9. The second-order valence-electron chi connectivity index (χ2n) is 5.11. The fraction of sp³-hybridized carbons (Fsp3) is 0.429. The van der Waals surface area contributed by atoms with E-state index >= 15 is 0 Å². The summed E-state index contributed by atoms with van der Waals surface area (Å²) < 4.78 is 0.793. The van der Waals surface area contributed by atoms with E-state index in [1.54, 1.807) is 23.1 Å². The van der Waals surface area contributed by atoms with Gasteiger partial charge < -0.3 is 10.6 Å². The summed E-state index contributed by atoms with van der Waals surface area (Å²) in [6.07, 6.45) is 1.50. The minimum atomic E-state index is -0.352. The SMILES string of the molecule is CC1CCC(C(N)=O)CN1C(=O)c1cc(Br)ccc1Cl. The van der Waals surface area contributed by atoms with E-state index in [1.165, 1.54) is 0 Å². The van der Waals surface area contributed by atoms with Crippen LogP contribution < -0.4 is 5.73 Å². The lowest BCUT2D eigenvalue weighted by atomic mass is 9.92. The molecule has 2 rings (SSSR count). The standard InChI is InChI=1S/C14H16BrClN2O2/c1-8-2-3-9(13(17)19)7-18(8)14(20)11-6-10(15)4-5-12(11)16/h4-6,8-9H,2-3,7H2,1H3,(H2,17,19). The number of likely N-dealkylation sites (tertiary alicyclic amines) is 1. The molecule has 1 heterocycles. The van der Waals surface area contributed by atoms with Crippen LogP contribution in [0, 0.1) is 5.92 Å². The lowest BCUT2D eigenvalue weighted by Crippen LogP contribution is -2.48. The first-order valence-corrected chi connectivity index (χ1v) is 7.62. The predicted molar refractivity (Wildman–Crippen MR) is 81.6 cm³/mol. The van der Waals surface area contributed by atoms with Crippen LogP contribution in [0.3, 0.4) is 0 Å². The van der Waals surface area contributed by atoms with Crippen LogP contribution in [-0.4, -0.2) is 29.3 Å². The van der Waals surface area contributed by atoms with Gasteiger partial charge >= 0.3 is 0 Å². The van der Waals surface area contributed by atoms with E-state index in [0.717, 1.165) is 17.3 Å². The fourth-order valence-electron chi connectivity index (χ4n) is 2.44. The number of benzene rings is 1. The van der Waals surface area contributed by atoms with Crippen LogP contribution in [0.25, 0.3) is 0 Å². The highest BCUT2D eigenvalue weighted by molar-refractivity contribution is 9.10. The smallest absolute Gasteiger partial charge is 0.255 e. The maximum atomic E-state index is 12.6. The monoisotopic (exact) mass is 358 g/mol. The molecule has 1 fully saturated rings. The van der Waals surface area contributed by atoms with Crippen LogP contribution in [0.5, 0.6) is 0 Å². The summed E-state index contributed by atoms with van der Waals surface area (Å²) in [7, 11) is 0. The van der Waals surface area contributed by atoms with Gasteiger partial charge in [0, 0.05) is 17.1 Å². The van der Waals surface area contributed by atoms with Crippen LogP contribution in [0.2, 0.25) is 5.02 Å². The summed E-state index contributed by atoms with van der Waals surface area (Å²) in [6.45, 7) is 2.33. The zero-order valence-corrected chi connectivity index (χ0v) is 13.4. The fourth-order valence-corrected chi connectivity index (χ4v) is 3.00. The highest BCUT2D eigenvalue weighted by atomic mass is 79.9. The molecule has 1 aliphatic heterocycles. The molecule has 1 saturated heterocycles. The second kappa shape index (κ2) is 6.14. The average Bonchev–Trinajstić information content (AvgIpc) is 2.41. The quantitative estimate of drug-likeness (QED) is 0.882. The molecule has 0 spiro atoms. The molecular weight excluding hydrogens is 344 g/mol. The molecule has 2 unspecified atom stereocenters. The van der Waals surface area contributed by atoms with Crippen molar-refractivity contribution in [2.75, 3.05) is 6.54 Å². The first-order valence-electron chi connectivity index (χ1n) is 6.45. The van der Waals surface area contributed by atoms with Gasteiger partial charge in [0.05, 0.1) is 16.5 Å². The first kappa shape index (κ1) is 15.3. The molecule has 6 heteroatoms. The van der Waals surface area contributed by atoms with Gasteiger partial charge in [0.25, 0.3) is 5.91 Å². The lowest BCUT2D eigenvalue weighted by Gasteiger charge is -2.37. The number of hydrogen-bond acceptors (Lipinski definition) is 2. The summed E-state index contributed by atoms with van der Waals surface area (Å²) in [5.74, 6) is -0.786. The van der Waals surface area contributed by atoms with Gasteiger partial charge in [-0.2, -0.15) is 0 Å². The number of nitrogens with two attached hydrogens (primary N) is 1. The Morgan fingerprint density at radius 2 is 2.10 bits per heavy atom. The number of carbonyl (C=O) groups is 2. The molecule has 1 aromatic rings. The summed E-state index contributed by atoms with van der Waals surface area (Å²) >= 11 is 9.43. The van der Waals surface area contributed by atoms with E-state index in [2.05, 4.69) is 15.9 Å². The molecule has 2 amide bonds. The van der Waals surface area contributed by atoms with Crippen molar-refractivity contribution < 1.29 is 9.59 Å². The van der Waals surface area contributed by atoms with Gasteiger partial charge in [-0.3, -0.25) is 9.59 Å². The summed E-state index contributed by atoms with van der Waals surface area (Å²) in [5, 5.41) is 0.409. The Bertz CT molecular complexity index is 550. The molecule has 108 valence electrons. The van der Waals surface area contributed by atoms with Crippen LogP contribution in [0.1, 0.15) is 30.1 Å². The molecule has 0 radical (unpaired) electrons. The molecule has 0 aliphatic carbocycles. The van der Waals surface area contributed by atoms with Crippen LogP contribution in [-0.2, 0) is 4.79 Å². The zero-order valence-electron chi connectivity index (χ0n) is 11.1. The minimum absolute atomic E-state index is 0.0770. The molecule has 4 nitrogen and oxygen atoms in total. The molecule has 20 heavy (non-hydrogen) atoms. The Morgan fingerprint density at radius 1 is 1.40 bits per heavy atom. The number of primary amides is 1. The van der Waals surface area contributed by atoms with E-state index in [1.807, 2.05) is 6.92 Å². The molecule has 0 bridgehead atoms. The normalized spacial score (nSPS) is 22.6. The predicted octanol–water partition coefficient (Wildman–Crippen LogP) is 2.83. The van der Waals surface area contributed by atoms with E-state index in [4.69, 9.17) is 17.3 Å². The van der Waals surface area contributed by atoms with Gasteiger partial charge in [0.1, 0.15) is 0 Å². The van der Waals surface area contributed by atoms with E-state index in [-0.39, 0.29) is 23.8 Å². The molecule has 2 N–H and O–H groups in total. The van der Waals surface area contributed by atoms with Gasteiger partial charge in [-0.25, -0.2) is 0 Å². The van der Waals surface area contributed by atoms with Crippen LogP contribution >= 0.6 is 27.5 Å². The van der Waals surface area contributed by atoms with Crippen LogP contribution in [0.4, 0.5) is 0 Å². The van der Waals surface area contributed by atoms with Gasteiger partial charge in [-0.1, -0.05) is 27.5 Å². The molecule has 0 aromatic heterocycles. The molecule has 0 saturated carbocycles. The van der Waals surface area contributed by atoms with Gasteiger partial charge in [-0.15, -0.1) is 0 Å². The van der Waals surface area contributed by atoms with Crippen molar-refractivity contribution >= 4 is 39.3 Å². The number of hydrogen-bond donors (Lipinski definition) is 1. The molecular formula is C14H16BrClN2O2. The van der Waals surface area contributed by atoms with Crippen molar-refractivity contribution in [1.82, 2.24) is 4.90 Å². The third-order valence-electron chi connectivity index (χ3n) is 3.70. The number of rotatable bonds is 2. The van der Waals surface area contributed by atoms with Crippen LogP contribution in [0.15, 0.2) is 22.7 Å². The number of carbonyl (C=O) groups excluding carboxylic acids is 2. The van der Waals surface area contributed by atoms with Crippen molar-refractivity contribution in [3.63, 3.8) is 0 Å². The third kappa shape index (κ3) is 3.15. The molecule has 1 aromatic carbocycles. The van der Waals surface area contributed by atoms with Crippen molar-refractivity contribution in [3.8, 4) is 0 Å². The Hall–Kier alpha value is -1.07. The van der Waals surface area contributed by atoms with Crippen molar-refractivity contribution in [3.05, 3.63) is 33.3 Å². The third-order valence-corrected chi connectivity index (χ3v) is 4.53. The average molecular weight is 360 g/mol. The first-order chi connectivity index (χ1) is 9.40. The van der Waals surface area contributed by atoms with E-state index in [9.17, 15) is 9.59 Å². The Labute approximate surface area is 131 Å². The van der Waals surface area contributed by atoms with Crippen molar-refractivity contribution in [1.29, 1.82) is 0 Å². The van der Waals surface area contributed by atoms with Crippen molar-refractivity contribution in [2.45, 2.75) is 25.8 Å². The molecule has 2 atom stereocenters. The summed E-state index contributed by atoms with van der Waals surface area (Å²) in [5.41, 5.74) is 5.80. The second-order valence-corrected chi connectivity index (χ2v) is 6.43. The van der Waals surface area contributed by atoms with Gasteiger partial charge in [0.15, 0.2) is 0 Å². The topological polar surface area (TPSA) is 63.4 Å². The number of halogens is 2. The minimum Gasteiger partial charge on any atom is -0.369 e. The maximum Gasteiger partial charge on any atom is 0.255 e. The maximum absolute atomic E-state index is 12.6. The van der Waals surface area contributed by atoms with E-state index < -0.39 is 0 Å². The number of nitrogens with zero attached hydrogens (tertiary/aromatic N) is 1. The lowest BCUT2D eigenvalue weighted by molar-refractivity contribution is -0.123.